The molecule has 0 unspecified atom stereocenters. The average Bonchev–Trinajstić information content (AvgIpc) is 3.38. The number of carbonyl (C=O) groups excluding carboxylic acids is 3. The number of amides is 3. The standard InChI is InChI=1S/C26H19F2N3O5/c27-17-10-16(11-18(28)12-17)24(33)31-20-7-8-21(22(32)13-20)25(34)29-14-15-3-5-19(6-4-15)30-26(35)23-2-1-9-36-23/h1-13,32H,14H2,(H,29,34)(H,30,35)(H,31,33). The van der Waals surface area contributed by atoms with E-state index in [0.29, 0.717) is 11.8 Å². The van der Waals surface area contributed by atoms with Crippen molar-refractivity contribution in [2.24, 2.45) is 0 Å². The second kappa shape index (κ2) is 10.5. The lowest BCUT2D eigenvalue weighted by Crippen LogP contribution is -2.23. The van der Waals surface area contributed by atoms with Gasteiger partial charge in [0.2, 0.25) is 0 Å². The Morgan fingerprint density at radius 2 is 1.44 bits per heavy atom. The zero-order chi connectivity index (χ0) is 25.7. The van der Waals surface area contributed by atoms with E-state index in [1.54, 1.807) is 36.4 Å². The molecular weight excluding hydrogens is 472 g/mol. The lowest BCUT2D eigenvalue weighted by atomic mass is 10.1. The van der Waals surface area contributed by atoms with Gasteiger partial charge in [-0.15, -0.1) is 0 Å². The number of anilines is 2. The number of phenolic OH excluding ortho intramolecular Hbond substituents is 1. The molecule has 1 heterocycles. The van der Waals surface area contributed by atoms with Crippen molar-refractivity contribution in [2.75, 3.05) is 10.6 Å². The Hall–Kier alpha value is -4.99. The number of rotatable bonds is 7. The van der Waals surface area contributed by atoms with E-state index < -0.39 is 29.2 Å². The van der Waals surface area contributed by atoms with Crippen LogP contribution in [0.4, 0.5) is 20.2 Å². The van der Waals surface area contributed by atoms with Gasteiger partial charge >= 0.3 is 0 Å². The lowest BCUT2D eigenvalue weighted by molar-refractivity contribution is 0.0946. The summed E-state index contributed by atoms with van der Waals surface area (Å²) in [4.78, 5) is 36.7. The van der Waals surface area contributed by atoms with Gasteiger partial charge in [-0.1, -0.05) is 12.1 Å². The fraction of sp³-hybridized carbons (Fsp3) is 0.0385. The van der Waals surface area contributed by atoms with Crippen molar-refractivity contribution in [1.29, 1.82) is 0 Å². The monoisotopic (exact) mass is 491 g/mol. The van der Waals surface area contributed by atoms with Crippen molar-refractivity contribution in [3.63, 3.8) is 0 Å². The van der Waals surface area contributed by atoms with Crippen molar-refractivity contribution in [3.05, 3.63) is 113 Å². The minimum absolute atomic E-state index is 0.0351. The summed E-state index contributed by atoms with van der Waals surface area (Å²) >= 11 is 0. The fourth-order valence-corrected chi connectivity index (χ4v) is 3.27. The molecule has 0 aliphatic carbocycles. The molecule has 182 valence electrons. The molecular formula is C26H19F2N3O5. The van der Waals surface area contributed by atoms with Crippen LogP contribution in [-0.4, -0.2) is 22.8 Å². The zero-order valence-corrected chi connectivity index (χ0v) is 18.5. The van der Waals surface area contributed by atoms with Crippen LogP contribution >= 0.6 is 0 Å². The van der Waals surface area contributed by atoms with Crippen molar-refractivity contribution >= 4 is 29.1 Å². The Morgan fingerprint density at radius 3 is 2.08 bits per heavy atom. The number of carbonyl (C=O) groups is 3. The van der Waals surface area contributed by atoms with E-state index in [1.165, 1.54) is 18.4 Å². The molecule has 8 nitrogen and oxygen atoms in total. The number of hydrogen-bond acceptors (Lipinski definition) is 5. The quantitative estimate of drug-likeness (QED) is 0.299. The van der Waals surface area contributed by atoms with Crippen molar-refractivity contribution in [3.8, 4) is 5.75 Å². The molecule has 0 aliphatic heterocycles. The van der Waals surface area contributed by atoms with Gasteiger partial charge in [-0.05, 0) is 54.1 Å². The normalized spacial score (nSPS) is 10.5. The van der Waals surface area contributed by atoms with Crippen LogP contribution in [0.25, 0.3) is 0 Å². The molecule has 3 aromatic carbocycles. The molecule has 0 radical (unpaired) electrons. The number of aromatic hydroxyl groups is 1. The first kappa shape index (κ1) is 24.1. The molecule has 0 saturated carbocycles. The van der Waals surface area contributed by atoms with Gasteiger partial charge < -0.3 is 25.5 Å². The molecule has 0 bridgehead atoms. The lowest BCUT2D eigenvalue weighted by Gasteiger charge is -2.10. The summed E-state index contributed by atoms with van der Waals surface area (Å²) < 4.78 is 31.7. The number of phenols is 1. The zero-order valence-electron chi connectivity index (χ0n) is 18.5. The number of hydrogen-bond donors (Lipinski definition) is 4. The second-order valence-electron chi connectivity index (χ2n) is 7.66. The smallest absolute Gasteiger partial charge is 0.291 e. The van der Waals surface area contributed by atoms with E-state index in [4.69, 9.17) is 4.42 Å². The highest BCUT2D eigenvalue weighted by atomic mass is 19.1. The van der Waals surface area contributed by atoms with Gasteiger partial charge in [-0.3, -0.25) is 14.4 Å². The Labute approximate surface area is 203 Å². The first-order chi connectivity index (χ1) is 17.3. The summed E-state index contributed by atoms with van der Waals surface area (Å²) in [5.41, 5.74) is 1.14. The molecule has 3 amide bonds. The highest BCUT2D eigenvalue weighted by molar-refractivity contribution is 6.05. The van der Waals surface area contributed by atoms with Gasteiger partial charge in [-0.2, -0.15) is 0 Å². The maximum atomic E-state index is 13.3. The van der Waals surface area contributed by atoms with Crippen molar-refractivity contribution in [2.45, 2.75) is 6.54 Å². The minimum Gasteiger partial charge on any atom is -0.507 e. The van der Waals surface area contributed by atoms with E-state index in [2.05, 4.69) is 16.0 Å². The van der Waals surface area contributed by atoms with E-state index >= 15 is 0 Å². The average molecular weight is 491 g/mol. The molecule has 0 aliphatic rings. The largest absolute Gasteiger partial charge is 0.507 e. The molecule has 4 N–H and O–H groups in total. The summed E-state index contributed by atoms with van der Waals surface area (Å²) in [5.74, 6) is -3.75. The fourth-order valence-electron chi connectivity index (χ4n) is 3.27. The third-order valence-electron chi connectivity index (χ3n) is 5.03. The maximum Gasteiger partial charge on any atom is 0.291 e. The van der Waals surface area contributed by atoms with Crippen molar-refractivity contribution in [1.82, 2.24) is 5.32 Å². The highest BCUT2D eigenvalue weighted by Gasteiger charge is 2.14. The molecule has 0 spiro atoms. The van der Waals surface area contributed by atoms with E-state index in [0.717, 1.165) is 23.8 Å². The Morgan fingerprint density at radius 1 is 0.778 bits per heavy atom. The van der Waals surface area contributed by atoms with Crippen molar-refractivity contribution < 1.29 is 32.7 Å². The molecule has 10 heteroatoms. The van der Waals surface area contributed by atoms with Gasteiger partial charge in [0, 0.05) is 35.6 Å². The van der Waals surface area contributed by atoms with Crippen LogP contribution in [0.3, 0.4) is 0 Å². The van der Waals surface area contributed by atoms with Crippen LogP contribution in [0.1, 0.15) is 36.8 Å². The predicted molar refractivity (Wildman–Crippen MR) is 127 cm³/mol. The highest BCUT2D eigenvalue weighted by Crippen LogP contribution is 2.23. The molecule has 0 fully saturated rings. The van der Waals surface area contributed by atoms with Gasteiger partial charge in [0.05, 0.1) is 11.8 Å². The number of halogens is 2. The second-order valence-corrected chi connectivity index (χ2v) is 7.66. The Bertz CT molecular complexity index is 1400. The first-order valence-electron chi connectivity index (χ1n) is 10.6. The number of furan rings is 1. The van der Waals surface area contributed by atoms with E-state index in [9.17, 15) is 28.3 Å². The summed E-state index contributed by atoms with van der Waals surface area (Å²) in [6, 6.07) is 16.1. The first-order valence-corrected chi connectivity index (χ1v) is 10.6. The topological polar surface area (TPSA) is 121 Å². The molecule has 1 aromatic heterocycles. The van der Waals surface area contributed by atoms with Crippen LogP contribution in [-0.2, 0) is 6.54 Å². The molecule has 0 atom stereocenters. The van der Waals surface area contributed by atoms with Gasteiger partial charge in [0.25, 0.3) is 17.7 Å². The maximum absolute atomic E-state index is 13.3. The van der Waals surface area contributed by atoms with E-state index in [1.807, 2.05) is 0 Å². The van der Waals surface area contributed by atoms with Crippen LogP contribution < -0.4 is 16.0 Å². The van der Waals surface area contributed by atoms with Crippen LogP contribution in [0.5, 0.6) is 5.75 Å². The molecule has 4 rings (SSSR count). The van der Waals surface area contributed by atoms with Crippen LogP contribution in [0, 0.1) is 11.6 Å². The summed E-state index contributed by atoms with van der Waals surface area (Å²) in [6.45, 7) is 0.147. The van der Waals surface area contributed by atoms with Gasteiger partial charge in [0.1, 0.15) is 17.4 Å². The molecule has 0 saturated heterocycles. The Kier molecular flexibility index (Phi) is 7.05. The predicted octanol–water partition coefficient (Wildman–Crippen LogP) is 4.70. The summed E-state index contributed by atoms with van der Waals surface area (Å²) in [6.07, 6.45) is 1.40. The van der Waals surface area contributed by atoms with Gasteiger partial charge in [0.15, 0.2) is 5.76 Å². The van der Waals surface area contributed by atoms with Gasteiger partial charge in [-0.25, -0.2) is 8.78 Å². The third kappa shape index (κ3) is 5.92. The summed E-state index contributed by atoms with van der Waals surface area (Å²) in [5, 5.41) is 18.0. The van der Waals surface area contributed by atoms with Crippen LogP contribution in [0.2, 0.25) is 0 Å². The number of nitrogens with one attached hydrogen (secondary N) is 3. The number of benzene rings is 3. The van der Waals surface area contributed by atoms with Crippen LogP contribution in [0.15, 0.2) is 83.5 Å². The Balaban J connectivity index is 1.33. The van der Waals surface area contributed by atoms with E-state index in [-0.39, 0.29) is 35.0 Å². The molecule has 36 heavy (non-hydrogen) atoms. The molecule has 4 aromatic rings. The SMILES string of the molecule is O=C(Nc1ccc(C(=O)NCc2ccc(NC(=O)c3ccco3)cc2)c(O)c1)c1cc(F)cc(F)c1. The summed E-state index contributed by atoms with van der Waals surface area (Å²) in [7, 11) is 0. The minimum atomic E-state index is -0.900. The third-order valence-corrected chi connectivity index (χ3v) is 5.03.